The third-order valence-electron chi connectivity index (χ3n) is 3.13. The molecular formula is C16H12ClNO. The van der Waals surface area contributed by atoms with Gasteiger partial charge in [-0.15, -0.1) is 0 Å². The summed E-state index contributed by atoms with van der Waals surface area (Å²) in [7, 11) is 0. The molecule has 0 bridgehead atoms. The van der Waals surface area contributed by atoms with Gasteiger partial charge >= 0.3 is 0 Å². The molecule has 0 aliphatic rings. The van der Waals surface area contributed by atoms with Crippen LogP contribution < -0.4 is 5.56 Å². The molecule has 0 aliphatic heterocycles. The molecule has 0 radical (unpaired) electrons. The van der Waals surface area contributed by atoms with Gasteiger partial charge in [-0.25, -0.2) is 0 Å². The summed E-state index contributed by atoms with van der Waals surface area (Å²) >= 11 is 5.96. The molecule has 0 unspecified atom stereocenters. The molecule has 0 spiro atoms. The monoisotopic (exact) mass is 269 g/mol. The predicted molar refractivity (Wildman–Crippen MR) is 78.8 cm³/mol. The molecule has 3 rings (SSSR count). The minimum Gasteiger partial charge on any atom is -0.311 e. The van der Waals surface area contributed by atoms with Crippen molar-refractivity contribution < 1.29 is 0 Å². The Bertz CT molecular complexity index is 792. The van der Waals surface area contributed by atoms with Gasteiger partial charge in [-0.05, 0) is 35.2 Å². The highest BCUT2D eigenvalue weighted by Crippen LogP contribution is 2.13. The van der Waals surface area contributed by atoms with Crippen LogP contribution in [-0.4, -0.2) is 4.57 Å². The number of fused-ring (bicyclic) bond motifs is 1. The van der Waals surface area contributed by atoms with E-state index in [9.17, 15) is 4.79 Å². The molecule has 19 heavy (non-hydrogen) atoms. The molecule has 2 nitrogen and oxygen atoms in total. The molecule has 0 N–H and O–H groups in total. The summed E-state index contributed by atoms with van der Waals surface area (Å²) in [5, 5.41) is 2.40. The van der Waals surface area contributed by atoms with E-state index in [1.165, 1.54) is 0 Å². The first-order chi connectivity index (χ1) is 9.24. The van der Waals surface area contributed by atoms with Gasteiger partial charge in [-0.3, -0.25) is 4.79 Å². The molecule has 94 valence electrons. The SMILES string of the molecule is O=c1c2ccccc2ccn1Cc1cccc(Cl)c1. The Kier molecular flexibility index (Phi) is 3.10. The van der Waals surface area contributed by atoms with Crippen molar-refractivity contribution in [3.05, 3.63) is 81.7 Å². The van der Waals surface area contributed by atoms with E-state index in [2.05, 4.69) is 0 Å². The topological polar surface area (TPSA) is 22.0 Å². The van der Waals surface area contributed by atoms with Gasteiger partial charge in [0.2, 0.25) is 0 Å². The van der Waals surface area contributed by atoms with E-state index in [0.717, 1.165) is 16.3 Å². The van der Waals surface area contributed by atoms with E-state index >= 15 is 0 Å². The second kappa shape index (κ2) is 4.90. The van der Waals surface area contributed by atoms with Crippen molar-refractivity contribution in [1.82, 2.24) is 4.57 Å². The highest BCUT2D eigenvalue weighted by molar-refractivity contribution is 6.30. The van der Waals surface area contributed by atoms with Crippen LogP contribution in [0.5, 0.6) is 0 Å². The van der Waals surface area contributed by atoms with Gasteiger partial charge in [0.05, 0.1) is 6.54 Å². The van der Waals surface area contributed by atoms with E-state index in [1.54, 1.807) is 4.57 Å². The fraction of sp³-hybridized carbons (Fsp3) is 0.0625. The summed E-state index contributed by atoms with van der Waals surface area (Å²) in [4.78, 5) is 12.3. The number of pyridine rings is 1. The minimum atomic E-state index is 0.0260. The van der Waals surface area contributed by atoms with Gasteiger partial charge in [0.15, 0.2) is 0 Å². The lowest BCUT2D eigenvalue weighted by Crippen LogP contribution is -2.19. The first-order valence-corrected chi connectivity index (χ1v) is 6.44. The number of aromatic nitrogens is 1. The lowest BCUT2D eigenvalue weighted by molar-refractivity contribution is 0.768. The summed E-state index contributed by atoms with van der Waals surface area (Å²) in [6.45, 7) is 0.532. The largest absolute Gasteiger partial charge is 0.311 e. The Hall–Kier alpha value is -2.06. The quantitative estimate of drug-likeness (QED) is 0.695. The van der Waals surface area contributed by atoms with Gasteiger partial charge in [-0.1, -0.05) is 41.9 Å². The zero-order valence-electron chi connectivity index (χ0n) is 10.2. The molecular weight excluding hydrogens is 258 g/mol. The van der Waals surface area contributed by atoms with Gasteiger partial charge < -0.3 is 4.57 Å². The zero-order chi connectivity index (χ0) is 13.2. The van der Waals surface area contributed by atoms with Gasteiger partial charge in [-0.2, -0.15) is 0 Å². The van der Waals surface area contributed by atoms with E-state index in [4.69, 9.17) is 11.6 Å². The maximum Gasteiger partial charge on any atom is 0.258 e. The second-order valence-electron chi connectivity index (χ2n) is 4.47. The van der Waals surface area contributed by atoms with Crippen LogP contribution in [0.15, 0.2) is 65.6 Å². The lowest BCUT2D eigenvalue weighted by atomic mass is 10.1. The average Bonchev–Trinajstić information content (AvgIpc) is 2.42. The number of hydrogen-bond acceptors (Lipinski definition) is 1. The molecule has 0 saturated heterocycles. The van der Waals surface area contributed by atoms with E-state index in [1.807, 2.05) is 60.8 Å². The lowest BCUT2D eigenvalue weighted by Gasteiger charge is -2.07. The van der Waals surface area contributed by atoms with Gasteiger partial charge in [0.1, 0.15) is 0 Å². The van der Waals surface area contributed by atoms with Crippen molar-refractivity contribution >= 4 is 22.4 Å². The predicted octanol–water partition coefficient (Wildman–Crippen LogP) is 3.70. The molecule has 1 heterocycles. The third kappa shape index (κ3) is 2.40. The van der Waals surface area contributed by atoms with E-state index in [-0.39, 0.29) is 5.56 Å². The molecule has 1 aromatic heterocycles. The van der Waals surface area contributed by atoms with Crippen LogP contribution in [-0.2, 0) is 6.54 Å². The van der Waals surface area contributed by atoms with Gasteiger partial charge in [0.25, 0.3) is 5.56 Å². The highest BCUT2D eigenvalue weighted by Gasteiger charge is 2.03. The number of benzene rings is 2. The maximum atomic E-state index is 12.3. The number of hydrogen-bond donors (Lipinski definition) is 0. The fourth-order valence-corrected chi connectivity index (χ4v) is 2.40. The van der Waals surface area contributed by atoms with Crippen LogP contribution in [0.3, 0.4) is 0 Å². The van der Waals surface area contributed by atoms with Crippen molar-refractivity contribution in [2.45, 2.75) is 6.54 Å². The average molecular weight is 270 g/mol. The molecule has 0 atom stereocenters. The van der Waals surface area contributed by atoms with Crippen molar-refractivity contribution in [3.63, 3.8) is 0 Å². The Morgan fingerprint density at radius 1 is 1.00 bits per heavy atom. The smallest absolute Gasteiger partial charge is 0.258 e. The van der Waals surface area contributed by atoms with Gasteiger partial charge in [0, 0.05) is 16.6 Å². The second-order valence-corrected chi connectivity index (χ2v) is 4.90. The number of halogens is 1. The summed E-state index contributed by atoms with van der Waals surface area (Å²) < 4.78 is 1.70. The Balaban J connectivity index is 2.06. The fourth-order valence-electron chi connectivity index (χ4n) is 2.19. The van der Waals surface area contributed by atoms with Crippen molar-refractivity contribution in [1.29, 1.82) is 0 Å². The Morgan fingerprint density at radius 2 is 1.84 bits per heavy atom. The van der Waals surface area contributed by atoms with Crippen LogP contribution in [0.1, 0.15) is 5.56 Å². The van der Waals surface area contributed by atoms with Crippen LogP contribution in [0.2, 0.25) is 5.02 Å². The summed E-state index contributed by atoms with van der Waals surface area (Å²) in [6.07, 6.45) is 1.82. The van der Waals surface area contributed by atoms with Crippen LogP contribution in [0.25, 0.3) is 10.8 Å². The Labute approximate surface area is 115 Å². The summed E-state index contributed by atoms with van der Waals surface area (Å²) in [5.74, 6) is 0. The van der Waals surface area contributed by atoms with E-state index < -0.39 is 0 Å². The minimum absolute atomic E-state index is 0.0260. The molecule has 0 fully saturated rings. The molecule has 0 saturated carbocycles. The molecule has 0 amide bonds. The summed E-state index contributed by atoms with van der Waals surface area (Å²) in [5.41, 5.74) is 1.04. The zero-order valence-corrected chi connectivity index (χ0v) is 11.0. The molecule has 3 aromatic rings. The highest BCUT2D eigenvalue weighted by atomic mass is 35.5. The maximum absolute atomic E-state index is 12.3. The van der Waals surface area contributed by atoms with Crippen LogP contribution >= 0.6 is 11.6 Å². The van der Waals surface area contributed by atoms with Crippen LogP contribution in [0, 0.1) is 0 Å². The first kappa shape index (κ1) is 12.0. The first-order valence-electron chi connectivity index (χ1n) is 6.07. The molecule has 0 aliphatic carbocycles. The van der Waals surface area contributed by atoms with Crippen molar-refractivity contribution in [2.75, 3.05) is 0 Å². The standard InChI is InChI=1S/C16H12ClNO/c17-14-6-3-4-12(10-14)11-18-9-8-13-5-1-2-7-15(13)16(18)19/h1-10H,11H2. The number of nitrogens with zero attached hydrogens (tertiary/aromatic N) is 1. The normalized spacial score (nSPS) is 10.8. The molecule has 3 heteroatoms. The molecule has 2 aromatic carbocycles. The van der Waals surface area contributed by atoms with E-state index in [0.29, 0.717) is 11.6 Å². The van der Waals surface area contributed by atoms with Crippen LogP contribution in [0.4, 0.5) is 0 Å². The summed E-state index contributed by atoms with van der Waals surface area (Å²) in [6, 6.07) is 17.1. The van der Waals surface area contributed by atoms with Crippen molar-refractivity contribution in [2.24, 2.45) is 0 Å². The Morgan fingerprint density at radius 3 is 2.68 bits per heavy atom. The third-order valence-corrected chi connectivity index (χ3v) is 3.36. The number of rotatable bonds is 2. The van der Waals surface area contributed by atoms with Crippen molar-refractivity contribution in [3.8, 4) is 0 Å².